The molecule has 0 saturated carbocycles. The average Bonchev–Trinajstić information content (AvgIpc) is 3.24. The van der Waals surface area contributed by atoms with E-state index in [2.05, 4.69) is 15.5 Å². The third-order valence-electron chi connectivity index (χ3n) is 3.21. The van der Waals surface area contributed by atoms with Gasteiger partial charge in [-0.25, -0.2) is 0 Å². The quantitative estimate of drug-likeness (QED) is 0.797. The predicted octanol–water partition coefficient (Wildman–Crippen LogP) is 3.18. The Balaban J connectivity index is 1.49. The molecule has 0 bridgehead atoms. The van der Waals surface area contributed by atoms with Gasteiger partial charge in [0.1, 0.15) is 13.2 Å². The molecule has 112 valence electrons. The highest BCUT2D eigenvalue weighted by atomic mass is 32.1. The molecule has 0 aliphatic carbocycles. The summed E-state index contributed by atoms with van der Waals surface area (Å²) in [4.78, 5) is 5.37. The minimum atomic E-state index is 0.429. The zero-order valence-corrected chi connectivity index (χ0v) is 12.4. The van der Waals surface area contributed by atoms with E-state index in [1.54, 1.807) is 11.3 Å². The predicted molar refractivity (Wildman–Crippen MR) is 82.4 cm³/mol. The van der Waals surface area contributed by atoms with Gasteiger partial charge in [-0.1, -0.05) is 17.3 Å². The lowest BCUT2D eigenvalue weighted by Gasteiger charge is -2.21. The van der Waals surface area contributed by atoms with Crippen LogP contribution < -0.4 is 14.8 Å². The first-order chi connectivity index (χ1) is 10.9. The fourth-order valence-electron chi connectivity index (χ4n) is 2.22. The molecule has 0 saturated heterocycles. The number of aromatic nitrogens is 2. The highest BCUT2D eigenvalue weighted by molar-refractivity contribution is 7.13. The van der Waals surface area contributed by atoms with Crippen LogP contribution >= 0.6 is 11.3 Å². The molecule has 1 aromatic carbocycles. The average molecular weight is 315 g/mol. The zero-order valence-electron chi connectivity index (χ0n) is 11.6. The van der Waals surface area contributed by atoms with Crippen LogP contribution in [0, 0.1) is 0 Å². The molecule has 1 aliphatic heterocycles. The highest BCUT2D eigenvalue weighted by Gasteiger charge is 2.16. The van der Waals surface area contributed by atoms with Crippen molar-refractivity contribution in [3.05, 3.63) is 41.6 Å². The van der Waals surface area contributed by atoms with Crippen LogP contribution in [0.5, 0.6) is 11.5 Å². The van der Waals surface area contributed by atoms with E-state index in [1.807, 2.05) is 35.7 Å². The molecule has 2 aromatic heterocycles. The monoisotopic (exact) mass is 315 g/mol. The number of hydrogen-bond acceptors (Lipinski definition) is 7. The van der Waals surface area contributed by atoms with Crippen LogP contribution in [0.4, 0.5) is 5.69 Å². The molecule has 0 fully saturated rings. The van der Waals surface area contributed by atoms with Crippen molar-refractivity contribution >= 4 is 17.0 Å². The van der Waals surface area contributed by atoms with Crippen molar-refractivity contribution in [2.24, 2.45) is 0 Å². The standard InChI is InChI=1S/C15H13N3O3S/c1-3-10(14-11(4-1)19-6-7-20-14)16-9-13-17-15(18-21-13)12-5-2-8-22-12/h1-5,8,16H,6-7,9H2. The van der Waals surface area contributed by atoms with Crippen molar-refractivity contribution in [2.75, 3.05) is 18.5 Å². The summed E-state index contributed by atoms with van der Waals surface area (Å²) >= 11 is 1.58. The largest absolute Gasteiger partial charge is 0.486 e. The Kier molecular flexibility index (Phi) is 3.40. The smallest absolute Gasteiger partial charge is 0.246 e. The summed E-state index contributed by atoms with van der Waals surface area (Å²) in [6, 6.07) is 9.67. The first kappa shape index (κ1) is 13.1. The third kappa shape index (κ3) is 2.50. The second-order valence-corrected chi connectivity index (χ2v) is 5.62. The maximum Gasteiger partial charge on any atom is 0.246 e. The molecule has 0 spiro atoms. The van der Waals surface area contributed by atoms with E-state index in [1.165, 1.54) is 0 Å². The van der Waals surface area contributed by atoms with Crippen molar-refractivity contribution < 1.29 is 14.0 Å². The molecule has 3 aromatic rings. The number of ether oxygens (including phenoxy) is 2. The second-order valence-electron chi connectivity index (χ2n) is 4.67. The van der Waals surface area contributed by atoms with E-state index in [0.29, 0.717) is 31.5 Å². The Hall–Kier alpha value is -2.54. The number of fused-ring (bicyclic) bond motifs is 1. The third-order valence-corrected chi connectivity index (χ3v) is 4.07. The lowest BCUT2D eigenvalue weighted by Crippen LogP contribution is -2.16. The maximum atomic E-state index is 5.65. The van der Waals surface area contributed by atoms with Crippen LogP contribution in [-0.2, 0) is 6.54 Å². The lowest BCUT2D eigenvalue weighted by atomic mass is 10.2. The van der Waals surface area contributed by atoms with Gasteiger partial charge in [-0.05, 0) is 23.6 Å². The summed E-state index contributed by atoms with van der Waals surface area (Å²) in [5, 5.41) is 9.22. The summed E-state index contributed by atoms with van der Waals surface area (Å²) < 4.78 is 16.5. The summed E-state index contributed by atoms with van der Waals surface area (Å²) in [6.45, 7) is 1.55. The molecular weight excluding hydrogens is 302 g/mol. The Bertz CT molecular complexity index is 770. The van der Waals surface area contributed by atoms with Gasteiger partial charge >= 0.3 is 0 Å². The molecule has 0 amide bonds. The second kappa shape index (κ2) is 5.69. The molecule has 3 heterocycles. The lowest BCUT2D eigenvalue weighted by molar-refractivity contribution is 0.172. The van der Waals surface area contributed by atoms with Crippen LogP contribution in [0.1, 0.15) is 5.89 Å². The van der Waals surface area contributed by atoms with Gasteiger partial charge in [0.15, 0.2) is 11.5 Å². The fourth-order valence-corrected chi connectivity index (χ4v) is 2.87. The molecule has 0 atom stereocenters. The molecule has 1 N–H and O–H groups in total. The Morgan fingerprint density at radius 3 is 3.00 bits per heavy atom. The molecule has 22 heavy (non-hydrogen) atoms. The normalized spacial score (nSPS) is 13.1. The summed E-state index contributed by atoms with van der Waals surface area (Å²) in [7, 11) is 0. The van der Waals surface area contributed by atoms with Crippen LogP contribution in [0.15, 0.2) is 40.2 Å². The van der Waals surface area contributed by atoms with Crippen LogP contribution in [0.25, 0.3) is 10.7 Å². The summed E-state index contributed by atoms with van der Waals surface area (Å²) in [5.41, 5.74) is 0.855. The van der Waals surface area contributed by atoms with Gasteiger partial charge in [0.05, 0.1) is 17.1 Å². The molecule has 0 radical (unpaired) electrons. The van der Waals surface area contributed by atoms with Gasteiger partial charge in [0, 0.05) is 0 Å². The fraction of sp³-hybridized carbons (Fsp3) is 0.200. The van der Waals surface area contributed by atoms with E-state index in [4.69, 9.17) is 14.0 Å². The van der Waals surface area contributed by atoms with Crippen molar-refractivity contribution in [1.29, 1.82) is 0 Å². The van der Waals surface area contributed by atoms with E-state index in [9.17, 15) is 0 Å². The number of anilines is 1. The van der Waals surface area contributed by atoms with E-state index >= 15 is 0 Å². The van der Waals surface area contributed by atoms with Crippen molar-refractivity contribution in [2.45, 2.75) is 6.54 Å². The van der Waals surface area contributed by atoms with Gasteiger partial charge in [-0.3, -0.25) is 0 Å². The van der Waals surface area contributed by atoms with Gasteiger partial charge < -0.3 is 19.3 Å². The van der Waals surface area contributed by atoms with Gasteiger partial charge in [0.2, 0.25) is 11.7 Å². The van der Waals surface area contributed by atoms with E-state index in [-0.39, 0.29) is 0 Å². The van der Waals surface area contributed by atoms with Crippen LogP contribution in [-0.4, -0.2) is 23.4 Å². The number of rotatable bonds is 4. The Morgan fingerprint density at radius 2 is 2.09 bits per heavy atom. The number of para-hydroxylation sites is 1. The number of nitrogens with zero attached hydrogens (tertiary/aromatic N) is 2. The minimum absolute atomic E-state index is 0.429. The number of thiophene rings is 1. The first-order valence-corrected chi connectivity index (χ1v) is 7.77. The topological polar surface area (TPSA) is 69.4 Å². The van der Waals surface area contributed by atoms with E-state index in [0.717, 1.165) is 22.1 Å². The number of nitrogens with one attached hydrogen (secondary N) is 1. The summed E-state index contributed by atoms with van der Waals surface area (Å²) in [6.07, 6.45) is 0. The molecular formula is C15H13N3O3S. The SMILES string of the molecule is c1csc(-c2noc(CNc3cccc4c3OCCO4)n2)c1. The summed E-state index contributed by atoms with van der Waals surface area (Å²) in [5.74, 6) is 2.62. The number of hydrogen-bond donors (Lipinski definition) is 1. The van der Waals surface area contributed by atoms with E-state index < -0.39 is 0 Å². The minimum Gasteiger partial charge on any atom is -0.486 e. The van der Waals surface area contributed by atoms with Crippen molar-refractivity contribution in [1.82, 2.24) is 10.1 Å². The van der Waals surface area contributed by atoms with Crippen molar-refractivity contribution in [3.63, 3.8) is 0 Å². The van der Waals surface area contributed by atoms with Gasteiger partial charge in [0.25, 0.3) is 0 Å². The molecule has 0 unspecified atom stereocenters. The van der Waals surface area contributed by atoms with Gasteiger partial charge in [-0.2, -0.15) is 4.98 Å². The molecule has 7 heteroatoms. The maximum absolute atomic E-state index is 5.65. The van der Waals surface area contributed by atoms with Gasteiger partial charge in [-0.15, -0.1) is 11.3 Å². The first-order valence-electron chi connectivity index (χ1n) is 6.89. The highest BCUT2D eigenvalue weighted by Crippen LogP contribution is 2.37. The molecule has 1 aliphatic rings. The Labute approximate surface area is 130 Å². The van der Waals surface area contributed by atoms with Crippen LogP contribution in [0.2, 0.25) is 0 Å². The molecule has 4 rings (SSSR count). The zero-order chi connectivity index (χ0) is 14.8. The Morgan fingerprint density at radius 1 is 1.14 bits per heavy atom. The van der Waals surface area contributed by atoms with Crippen molar-refractivity contribution in [3.8, 4) is 22.2 Å². The van der Waals surface area contributed by atoms with Crippen LogP contribution in [0.3, 0.4) is 0 Å². The molecule has 6 nitrogen and oxygen atoms in total. The number of benzene rings is 1.